The third-order valence-corrected chi connectivity index (χ3v) is 3.32. The quantitative estimate of drug-likeness (QED) is 0.581. The van der Waals surface area contributed by atoms with Crippen LogP contribution < -0.4 is 0 Å². The van der Waals surface area contributed by atoms with E-state index in [0.29, 0.717) is 6.42 Å². The van der Waals surface area contributed by atoms with Gasteiger partial charge in [-0.2, -0.15) is 21.0 Å². The maximum atomic E-state index is 12.6. The molecule has 2 rings (SSSR count). The first-order chi connectivity index (χ1) is 10.6. The van der Waals surface area contributed by atoms with Gasteiger partial charge in [0, 0.05) is 22.3 Å². The average molecular weight is 284 g/mol. The van der Waals surface area contributed by atoms with Crippen molar-refractivity contribution in [1.29, 1.82) is 21.0 Å². The number of ketones is 1. The number of carbonyl (C=O) groups excluding carboxylic acids is 1. The van der Waals surface area contributed by atoms with Crippen LogP contribution in [0.5, 0.6) is 0 Å². The molecule has 1 aromatic rings. The summed E-state index contributed by atoms with van der Waals surface area (Å²) in [7, 11) is 0. The molecule has 0 atom stereocenters. The molecule has 1 aliphatic carbocycles. The number of allylic oxidation sites excluding steroid dienone is 4. The Hall–Kier alpha value is -3.67. The van der Waals surface area contributed by atoms with Gasteiger partial charge in [0.25, 0.3) is 0 Å². The van der Waals surface area contributed by atoms with E-state index in [1.807, 2.05) is 19.1 Å². The molecule has 0 fully saturated rings. The van der Waals surface area contributed by atoms with Gasteiger partial charge in [-0.3, -0.25) is 4.79 Å². The molecule has 1 aliphatic rings. The van der Waals surface area contributed by atoms with Gasteiger partial charge in [-0.25, -0.2) is 0 Å². The van der Waals surface area contributed by atoms with Crippen molar-refractivity contribution < 1.29 is 4.79 Å². The summed E-state index contributed by atoms with van der Waals surface area (Å²) in [5, 5.41) is 36.8. The Morgan fingerprint density at radius 3 is 2.05 bits per heavy atom. The monoisotopic (exact) mass is 284 g/mol. The lowest BCUT2D eigenvalue weighted by molar-refractivity contribution is 0.104. The predicted octanol–water partition coefficient (Wildman–Crippen LogP) is 2.76. The maximum Gasteiger partial charge on any atom is 0.195 e. The van der Waals surface area contributed by atoms with E-state index in [4.69, 9.17) is 10.5 Å². The van der Waals surface area contributed by atoms with E-state index in [0.717, 1.165) is 0 Å². The topological polar surface area (TPSA) is 112 Å². The van der Waals surface area contributed by atoms with Crippen molar-refractivity contribution in [1.82, 2.24) is 0 Å². The number of rotatable bonds is 1. The van der Waals surface area contributed by atoms with Gasteiger partial charge in [0.2, 0.25) is 0 Å². The van der Waals surface area contributed by atoms with Gasteiger partial charge in [0.05, 0.1) is 23.3 Å². The van der Waals surface area contributed by atoms with E-state index in [9.17, 15) is 15.3 Å². The van der Waals surface area contributed by atoms with Crippen LogP contribution in [0.4, 0.5) is 0 Å². The van der Waals surface area contributed by atoms with Crippen molar-refractivity contribution in [2.75, 3.05) is 0 Å². The van der Waals surface area contributed by atoms with Crippen molar-refractivity contribution in [2.24, 2.45) is 0 Å². The summed E-state index contributed by atoms with van der Waals surface area (Å²) < 4.78 is 0. The number of fused-ring (bicyclic) bond motifs is 1. The molecule has 0 amide bonds. The number of hydrogen-bond acceptors (Lipinski definition) is 5. The molecule has 0 aliphatic heterocycles. The van der Waals surface area contributed by atoms with E-state index in [2.05, 4.69) is 0 Å². The minimum absolute atomic E-state index is 0.0965. The Morgan fingerprint density at radius 2 is 1.59 bits per heavy atom. The third kappa shape index (κ3) is 1.95. The fraction of sp³-hybridized carbons (Fsp3) is 0.118. The van der Waals surface area contributed by atoms with Crippen LogP contribution in [0.25, 0.3) is 5.57 Å². The van der Waals surface area contributed by atoms with Crippen LogP contribution in [0.1, 0.15) is 40.4 Å². The number of Topliss-reactive ketones (excluding diaryl/α,β-unsaturated/α-hetero) is 1. The van der Waals surface area contributed by atoms with Crippen LogP contribution in [-0.4, -0.2) is 5.78 Å². The summed E-state index contributed by atoms with van der Waals surface area (Å²) in [5.41, 5.74) is 0.725. The SMILES string of the molecule is CC/C=C1/C(=O)c2c(C#N)ccc(C#N)c2C1=C(C#N)C#N. The van der Waals surface area contributed by atoms with Crippen LogP contribution >= 0.6 is 0 Å². The lowest BCUT2D eigenvalue weighted by Crippen LogP contribution is -1.99. The third-order valence-electron chi connectivity index (χ3n) is 3.32. The molecule has 0 heterocycles. The maximum absolute atomic E-state index is 12.6. The molecule has 0 bridgehead atoms. The normalized spacial score (nSPS) is 13.8. The molecule has 22 heavy (non-hydrogen) atoms. The van der Waals surface area contributed by atoms with E-state index in [-0.39, 0.29) is 39.0 Å². The fourth-order valence-electron chi connectivity index (χ4n) is 2.46. The second-order valence-corrected chi connectivity index (χ2v) is 4.46. The number of nitrogens with zero attached hydrogens (tertiary/aromatic N) is 4. The highest BCUT2D eigenvalue weighted by Crippen LogP contribution is 2.42. The first kappa shape index (κ1) is 14.7. The van der Waals surface area contributed by atoms with Crippen LogP contribution in [0.2, 0.25) is 0 Å². The van der Waals surface area contributed by atoms with Crippen molar-refractivity contribution >= 4 is 11.4 Å². The molecule has 0 saturated carbocycles. The Labute approximate surface area is 127 Å². The summed E-state index contributed by atoms with van der Waals surface area (Å²) >= 11 is 0. The van der Waals surface area contributed by atoms with Gasteiger partial charge >= 0.3 is 0 Å². The summed E-state index contributed by atoms with van der Waals surface area (Å²) in [4.78, 5) is 12.6. The average Bonchev–Trinajstić information content (AvgIpc) is 2.83. The van der Waals surface area contributed by atoms with Gasteiger partial charge in [-0.15, -0.1) is 0 Å². The van der Waals surface area contributed by atoms with Gasteiger partial charge in [-0.05, 0) is 18.6 Å². The predicted molar refractivity (Wildman–Crippen MR) is 76.7 cm³/mol. The molecule has 1 aromatic carbocycles. The first-order valence-electron chi connectivity index (χ1n) is 6.41. The molecule has 0 saturated heterocycles. The number of carbonyl (C=O) groups is 1. The minimum atomic E-state index is -0.427. The van der Waals surface area contributed by atoms with Crippen molar-refractivity contribution in [3.05, 3.63) is 51.6 Å². The fourth-order valence-corrected chi connectivity index (χ4v) is 2.46. The van der Waals surface area contributed by atoms with Crippen molar-refractivity contribution in [3.63, 3.8) is 0 Å². The molecule has 0 aromatic heterocycles. The van der Waals surface area contributed by atoms with Gasteiger partial charge in [0.15, 0.2) is 5.78 Å². The Bertz CT molecular complexity index is 906. The van der Waals surface area contributed by atoms with E-state index >= 15 is 0 Å². The zero-order valence-electron chi connectivity index (χ0n) is 11.6. The smallest absolute Gasteiger partial charge is 0.195 e. The molecule has 0 radical (unpaired) electrons. The summed E-state index contributed by atoms with van der Waals surface area (Å²) in [5.74, 6) is -0.427. The van der Waals surface area contributed by atoms with Gasteiger partial charge in [0.1, 0.15) is 17.7 Å². The largest absolute Gasteiger partial charge is 0.289 e. The van der Waals surface area contributed by atoms with E-state index < -0.39 is 5.78 Å². The number of hydrogen-bond donors (Lipinski definition) is 0. The second-order valence-electron chi connectivity index (χ2n) is 4.46. The highest BCUT2D eigenvalue weighted by atomic mass is 16.1. The molecular weight excluding hydrogens is 276 g/mol. The van der Waals surface area contributed by atoms with Crippen LogP contribution in [0.15, 0.2) is 29.4 Å². The zero-order valence-corrected chi connectivity index (χ0v) is 11.6. The van der Waals surface area contributed by atoms with Crippen molar-refractivity contribution in [3.8, 4) is 24.3 Å². The van der Waals surface area contributed by atoms with E-state index in [1.165, 1.54) is 12.1 Å². The first-order valence-corrected chi connectivity index (χ1v) is 6.41. The molecular formula is C17H8N4O. The number of benzene rings is 1. The van der Waals surface area contributed by atoms with Gasteiger partial charge in [-0.1, -0.05) is 13.0 Å². The molecule has 0 N–H and O–H groups in total. The van der Waals surface area contributed by atoms with Crippen molar-refractivity contribution in [2.45, 2.75) is 13.3 Å². The molecule has 0 spiro atoms. The summed E-state index contributed by atoms with van der Waals surface area (Å²) in [6.07, 6.45) is 2.13. The lowest BCUT2D eigenvalue weighted by atomic mass is 9.94. The van der Waals surface area contributed by atoms with Crippen LogP contribution in [0.3, 0.4) is 0 Å². The number of nitriles is 4. The minimum Gasteiger partial charge on any atom is -0.289 e. The van der Waals surface area contributed by atoms with Crippen LogP contribution in [-0.2, 0) is 0 Å². The van der Waals surface area contributed by atoms with E-state index in [1.54, 1.807) is 18.2 Å². The highest BCUT2D eigenvalue weighted by molar-refractivity contribution is 6.29. The summed E-state index contributed by atoms with van der Waals surface area (Å²) in [6, 6.07) is 10.2. The summed E-state index contributed by atoms with van der Waals surface area (Å²) in [6.45, 7) is 1.82. The Morgan fingerprint density at radius 1 is 1.05 bits per heavy atom. The Balaban J connectivity index is 3.06. The highest BCUT2D eigenvalue weighted by Gasteiger charge is 2.36. The molecule has 102 valence electrons. The molecule has 5 nitrogen and oxygen atoms in total. The second kappa shape index (κ2) is 5.76. The molecule has 5 heteroatoms. The van der Waals surface area contributed by atoms with Gasteiger partial charge < -0.3 is 0 Å². The standard InChI is InChI=1S/C17H8N4O/c1-2-3-13-14(12(8-20)9-21)15-10(6-18)4-5-11(7-19)16(15)17(13)22/h3-5H,2H2,1H3/b13-3+. The Kier molecular flexibility index (Phi) is 3.86. The van der Waals surface area contributed by atoms with Crippen LogP contribution in [0, 0.1) is 45.3 Å². The lowest BCUT2D eigenvalue weighted by Gasteiger charge is -2.04. The zero-order chi connectivity index (χ0) is 16.3. The molecule has 0 unspecified atom stereocenters.